The number of nitrogens with zero attached hydrogens (tertiary/aromatic N) is 2. The number of nitriles is 1. The molecule has 1 amide bonds. The third-order valence-corrected chi connectivity index (χ3v) is 2.52. The lowest BCUT2D eigenvalue weighted by molar-refractivity contribution is -0.385. The van der Waals surface area contributed by atoms with Crippen molar-refractivity contribution in [2.75, 3.05) is 0 Å². The summed E-state index contributed by atoms with van der Waals surface area (Å²) in [5, 5.41) is 21.9. The molecule has 0 aliphatic rings. The molecule has 0 radical (unpaired) electrons. The van der Waals surface area contributed by atoms with E-state index >= 15 is 0 Å². The molecule has 1 aromatic carbocycles. The van der Waals surface area contributed by atoms with E-state index in [1.165, 1.54) is 26.0 Å². The minimum Gasteiger partial charge on any atom is -0.334 e. The number of hydrogen-bond acceptors (Lipinski definition) is 4. The summed E-state index contributed by atoms with van der Waals surface area (Å²) in [6.45, 7) is 3.08. The van der Waals surface area contributed by atoms with E-state index in [1.807, 2.05) is 6.07 Å². The molecule has 0 fully saturated rings. The van der Waals surface area contributed by atoms with Gasteiger partial charge in [-0.2, -0.15) is 5.26 Å². The fourth-order valence-electron chi connectivity index (χ4n) is 1.19. The summed E-state index contributed by atoms with van der Waals surface area (Å²) in [6.07, 6.45) is 0. The lowest BCUT2D eigenvalue weighted by atomic mass is 10.1. The van der Waals surface area contributed by atoms with Crippen LogP contribution in [-0.2, 0) is 0 Å². The molecular weight excluding hydrogens is 302 g/mol. The number of hydrogen-bond donors (Lipinski definition) is 1. The predicted octanol–water partition coefficient (Wildman–Crippen LogP) is 2.39. The highest BCUT2D eigenvalue weighted by atomic mass is 79.9. The van der Waals surface area contributed by atoms with Gasteiger partial charge >= 0.3 is 0 Å². The van der Waals surface area contributed by atoms with Crippen LogP contribution in [-0.4, -0.2) is 16.4 Å². The number of nitrogens with one attached hydrogen (secondary N) is 1. The summed E-state index contributed by atoms with van der Waals surface area (Å²) in [4.78, 5) is 21.9. The van der Waals surface area contributed by atoms with E-state index in [4.69, 9.17) is 5.26 Å². The Labute approximate surface area is 112 Å². The van der Waals surface area contributed by atoms with Gasteiger partial charge in [-0.15, -0.1) is 0 Å². The first-order chi connectivity index (χ1) is 8.25. The molecule has 6 nitrogen and oxygen atoms in total. The number of rotatable bonds is 3. The summed E-state index contributed by atoms with van der Waals surface area (Å²) < 4.78 is 0.427. The smallest absolute Gasteiger partial charge is 0.271 e. The molecule has 18 heavy (non-hydrogen) atoms. The maximum absolute atomic E-state index is 11.8. The summed E-state index contributed by atoms with van der Waals surface area (Å²) in [5.74, 6) is -0.536. The first kappa shape index (κ1) is 14.1. The highest BCUT2D eigenvalue weighted by Crippen LogP contribution is 2.21. The zero-order valence-electron chi connectivity index (χ0n) is 9.73. The van der Waals surface area contributed by atoms with E-state index in [0.717, 1.165) is 6.07 Å². The van der Waals surface area contributed by atoms with E-state index in [1.54, 1.807) is 0 Å². The van der Waals surface area contributed by atoms with Gasteiger partial charge in [0.2, 0.25) is 0 Å². The van der Waals surface area contributed by atoms with Crippen LogP contribution in [0.2, 0.25) is 0 Å². The standard InChI is InChI=1S/C11H10BrN3O3/c1-11(2,6-13)14-10(16)7-3-8(12)5-9(4-7)15(17)18/h3-5H,1-2H3,(H,14,16). The van der Waals surface area contributed by atoms with Crippen LogP contribution in [0.5, 0.6) is 0 Å². The summed E-state index contributed by atoms with van der Waals surface area (Å²) in [5.41, 5.74) is -1.10. The molecule has 0 spiro atoms. The summed E-state index contributed by atoms with van der Waals surface area (Å²) >= 11 is 3.10. The highest BCUT2D eigenvalue weighted by molar-refractivity contribution is 9.10. The molecule has 1 aromatic rings. The number of benzene rings is 1. The van der Waals surface area contributed by atoms with Crippen molar-refractivity contribution in [3.63, 3.8) is 0 Å². The van der Waals surface area contributed by atoms with Crippen LogP contribution in [0.4, 0.5) is 5.69 Å². The Morgan fingerprint density at radius 1 is 1.50 bits per heavy atom. The van der Waals surface area contributed by atoms with Crippen molar-refractivity contribution in [1.82, 2.24) is 5.32 Å². The van der Waals surface area contributed by atoms with Gasteiger partial charge in [0.05, 0.1) is 11.0 Å². The van der Waals surface area contributed by atoms with Crippen molar-refractivity contribution in [2.45, 2.75) is 19.4 Å². The number of amides is 1. The first-order valence-corrected chi connectivity index (χ1v) is 5.73. The predicted molar refractivity (Wildman–Crippen MR) is 68.0 cm³/mol. The van der Waals surface area contributed by atoms with E-state index in [9.17, 15) is 14.9 Å². The first-order valence-electron chi connectivity index (χ1n) is 4.94. The van der Waals surface area contributed by atoms with Crippen LogP contribution in [0.3, 0.4) is 0 Å². The monoisotopic (exact) mass is 311 g/mol. The molecule has 94 valence electrons. The lowest BCUT2D eigenvalue weighted by Gasteiger charge is -2.17. The molecule has 0 saturated heterocycles. The maximum Gasteiger partial charge on any atom is 0.271 e. The maximum atomic E-state index is 11.8. The molecule has 0 aromatic heterocycles. The van der Waals surface area contributed by atoms with Gasteiger partial charge in [-0.25, -0.2) is 0 Å². The van der Waals surface area contributed by atoms with Gasteiger partial charge in [0, 0.05) is 22.2 Å². The topological polar surface area (TPSA) is 96.0 Å². The minimum absolute atomic E-state index is 0.124. The fraction of sp³-hybridized carbons (Fsp3) is 0.273. The molecule has 1 rings (SSSR count). The van der Waals surface area contributed by atoms with Crippen LogP contribution in [0.15, 0.2) is 22.7 Å². The summed E-state index contributed by atoms with van der Waals surface area (Å²) in [6, 6.07) is 5.83. The van der Waals surface area contributed by atoms with Crippen molar-refractivity contribution in [1.29, 1.82) is 5.26 Å². The van der Waals surface area contributed by atoms with Gasteiger partial charge in [0.15, 0.2) is 0 Å². The molecule has 0 saturated carbocycles. The van der Waals surface area contributed by atoms with Crippen LogP contribution in [0.1, 0.15) is 24.2 Å². The minimum atomic E-state index is -1.03. The average molecular weight is 312 g/mol. The second kappa shape index (κ2) is 5.14. The number of carbonyl (C=O) groups excluding carboxylic acids is 1. The largest absolute Gasteiger partial charge is 0.334 e. The van der Waals surface area contributed by atoms with Crippen LogP contribution in [0, 0.1) is 21.4 Å². The van der Waals surface area contributed by atoms with Crippen LogP contribution < -0.4 is 5.32 Å². The molecule has 7 heteroatoms. The summed E-state index contributed by atoms with van der Waals surface area (Å²) in [7, 11) is 0. The highest BCUT2D eigenvalue weighted by Gasteiger charge is 2.21. The third kappa shape index (κ3) is 3.53. The van der Waals surface area contributed by atoms with E-state index in [0.29, 0.717) is 4.47 Å². The van der Waals surface area contributed by atoms with Crippen molar-refractivity contribution >= 4 is 27.5 Å². The van der Waals surface area contributed by atoms with Gasteiger partial charge in [-0.1, -0.05) is 15.9 Å². The third-order valence-electron chi connectivity index (χ3n) is 2.06. The average Bonchev–Trinajstić information content (AvgIpc) is 2.27. The Bertz CT molecular complexity index is 549. The van der Waals surface area contributed by atoms with Gasteiger partial charge < -0.3 is 5.32 Å². The zero-order valence-corrected chi connectivity index (χ0v) is 11.3. The van der Waals surface area contributed by atoms with E-state index in [-0.39, 0.29) is 11.3 Å². The second-order valence-corrected chi connectivity index (χ2v) is 5.06. The van der Waals surface area contributed by atoms with Crippen molar-refractivity contribution in [3.05, 3.63) is 38.3 Å². The Morgan fingerprint density at radius 3 is 2.61 bits per heavy atom. The van der Waals surface area contributed by atoms with Gasteiger partial charge in [-0.3, -0.25) is 14.9 Å². The molecule has 0 bridgehead atoms. The number of carbonyl (C=O) groups is 1. The van der Waals surface area contributed by atoms with E-state index < -0.39 is 16.4 Å². The molecule has 0 aliphatic heterocycles. The quantitative estimate of drug-likeness (QED) is 0.684. The van der Waals surface area contributed by atoms with Crippen molar-refractivity contribution in [3.8, 4) is 6.07 Å². The number of halogens is 1. The molecule has 0 atom stereocenters. The van der Waals surface area contributed by atoms with Crippen molar-refractivity contribution in [2.24, 2.45) is 0 Å². The Morgan fingerprint density at radius 2 is 2.11 bits per heavy atom. The number of nitro groups is 1. The van der Waals surface area contributed by atoms with E-state index in [2.05, 4.69) is 21.2 Å². The molecule has 0 aliphatic carbocycles. The van der Waals surface area contributed by atoms with Gasteiger partial charge in [0.1, 0.15) is 5.54 Å². The molecular formula is C11H10BrN3O3. The Balaban J connectivity index is 3.08. The second-order valence-electron chi connectivity index (χ2n) is 4.15. The Kier molecular flexibility index (Phi) is 4.03. The normalized spacial score (nSPS) is 10.6. The SMILES string of the molecule is CC(C)(C#N)NC(=O)c1cc(Br)cc([N+](=O)[O-])c1. The number of nitro benzene ring substituents is 1. The molecule has 0 unspecified atom stereocenters. The fourth-order valence-corrected chi connectivity index (χ4v) is 1.68. The van der Waals surface area contributed by atoms with Gasteiger partial charge in [-0.05, 0) is 19.9 Å². The molecule has 1 N–H and O–H groups in total. The number of non-ortho nitro benzene ring substituents is 1. The lowest BCUT2D eigenvalue weighted by Crippen LogP contribution is -2.42. The van der Waals surface area contributed by atoms with Gasteiger partial charge in [0.25, 0.3) is 11.6 Å². The molecule has 0 heterocycles. The Hall–Kier alpha value is -1.94. The van der Waals surface area contributed by atoms with Crippen LogP contribution >= 0.6 is 15.9 Å². The zero-order chi connectivity index (χ0) is 13.9. The van der Waals surface area contributed by atoms with Crippen LogP contribution in [0.25, 0.3) is 0 Å². The van der Waals surface area contributed by atoms with Crippen molar-refractivity contribution < 1.29 is 9.72 Å².